The maximum Gasteiger partial charge on any atom is 0.259 e. The van der Waals surface area contributed by atoms with Gasteiger partial charge in [-0.2, -0.15) is 0 Å². The Morgan fingerprint density at radius 3 is 2.95 bits per heavy atom. The summed E-state index contributed by atoms with van der Waals surface area (Å²) in [6.07, 6.45) is 0.900. The second-order valence-corrected chi connectivity index (χ2v) is 5.04. The molecule has 2 aromatic heterocycles. The summed E-state index contributed by atoms with van der Waals surface area (Å²) in [5.74, 6) is 0.658. The van der Waals surface area contributed by atoms with E-state index >= 15 is 0 Å². The largest absolute Gasteiger partial charge is 0.340 e. The Bertz CT molecular complexity index is 823. The van der Waals surface area contributed by atoms with Gasteiger partial charge in [-0.15, -0.1) is 0 Å². The summed E-state index contributed by atoms with van der Waals surface area (Å²) >= 11 is 0. The molecule has 0 atom stereocenters. The molecule has 0 unspecified atom stereocenters. The van der Waals surface area contributed by atoms with E-state index in [1.807, 2.05) is 30.3 Å². The molecule has 0 spiro atoms. The van der Waals surface area contributed by atoms with Crippen LogP contribution in [0.15, 0.2) is 35.1 Å². The van der Waals surface area contributed by atoms with Gasteiger partial charge in [-0.1, -0.05) is 18.2 Å². The summed E-state index contributed by atoms with van der Waals surface area (Å²) < 4.78 is 0. The van der Waals surface area contributed by atoms with E-state index in [4.69, 9.17) is 0 Å². The number of fused-ring (bicyclic) bond motifs is 2. The van der Waals surface area contributed by atoms with Crippen LogP contribution in [0, 0.1) is 0 Å². The number of imidazole rings is 1. The number of rotatable bonds is 1. The van der Waals surface area contributed by atoms with Gasteiger partial charge in [-0.3, -0.25) is 4.79 Å². The molecule has 4 rings (SSSR count). The Kier molecular flexibility index (Phi) is 2.47. The van der Waals surface area contributed by atoms with E-state index < -0.39 is 0 Å². The highest BCUT2D eigenvalue weighted by atomic mass is 16.1. The molecule has 5 nitrogen and oxygen atoms in total. The van der Waals surface area contributed by atoms with Crippen LogP contribution in [0.3, 0.4) is 0 Å². The first-order valence-electron chi connectivity index (χ1n) is 6.72. The van der Waals surface area contributed by atoms with Crippen molar-refractivity contribution in [2.75, 3.05) is 6.54 Å². The van der Waals surface area contributed by atoms with Crippen molar-refractivity contribution in [2.24, 2.45) is 0 Å². The van der Waals surface area contributed by atoms with Gasteiger partial charge in [0.15, 0.2) is 0 Å². The van der Waals surface area contributed by atoms with Gasteiger partial charge in [0.25, 0.3) is 5.56 Å². The highest BCUT2D eigenvalue weighted by Crippen LogP contribution is 2.20. The highest BCUT2D eigenvalue weighted by molar-refractivity contribution is 5.82. The van der Waals surface area contributed by atoms with Crippen LogP contribution < -0.4 is 10.9 Å². The zero-order valence-corrected chi connectivity index (χ0v) is 10.9. The third-order valence-electron chi connectivity index (χ3n) is 3.71. The molecule has 100 valence electrons. The summed E-state index contributed by atoms with van der Waals surface area (Å²) in [7, 11) is 0. The first-order chi connectivity index (χ1) is 9.81. The quantitative estimate of drug-likeness (QED) is 0.626. The molecular weight excluding hydrogens is 252 g/mol. The molecule has 0 bridgehead atoms. The van der Waals surface area contributed by atoms with Gasteiger partial charge in [0.1, 0.15) is 5.82 Å². The predicted molar refractivity (Wildman–Crippen MR) is 77.6 cm³/mol. The van der Waals surface area contributed by atoms with Crippen LogP contribution in [-0.4, -0.2) is 21.5 Å². The molecule has 1 aromatic carbocycles. The lowest BCUT2D eigenvalue weighted by Crippen LogP contribution is -2.23. The Morgan fingerprint density at radius 2 is 2.05 bits per heavy atom. The standard InChI is InChI=1S/C15H14N4O/c20-15-10(7-9-3-1-2-4-11(9)19-15)14-17-12-5-6-16-8-13(12)18-14/h1-4,7,16H,5-6,8H2,(H,17,18)(H,19,20). The third kappa shape index (κ3) is 1.75. The van der Waals surface area contributed by atoms with E-state index in [1.54, 1.807) is 0 Å². The van der Waals surface area contributed by atoms with Crippen molar-refractivity contribution < 1.29 is 0 Å². The average molecular weight is 266 g/mol. The molecule has 3 aromatic rings. The SMILES string of the molecule is O=c1[nH]c2ccccc2cc1-c1nc2c([nH]1)CNCC2. The van der Waals surface area contributed by atoms with Crippen molar-refractivity contribution in [3.8, 4) is 11.4 Å². The lowest BCUT2D eigenvalue weighted by molar-refractivity contribution is 0.627. The van der Waals surface area contributed by atoms with E-state index in [-0.39, 0.29) is 5.56 Å². The van der Waals surface area contributed by atoms with E-state index in [9.17, 15) is 4.79 Å². The fourth-order valence-electron chi connectivity index (χ4n) is 2.67. The van der Waals surface area contributed by atoms with Gasteiger partial charge >= 0.3 is 0 Å². The normalized spacial score (nSPS) is 14.4. The molecule has 0 saturated carbocycles. The van der Waals surface area contributed by atoms with Crippen LogP contribution in [0.1, 0.15) is 11.4 Å². The maximum atomic E-state index is 12.2. The Balaban J connectivity index is 1.91. The van der Waals surface area contributed by atoms with Gasteiger partial charge < -0.3 is 15.3 Å². The molecular formula is C15H14N4O. The van der Waals surface area contributed by atoms with Crippen LogP contribution in [0.2, 0.25) is 0 Å². The van der Waals surface area contributed by atoms with Crippen LogP contribution >= 0.6 is 0 Å². The second-order valence-electron chi connectivity index (χ2n) is 5.04. The van der Waals surface area contributed by atoms with Crippen LogP contribution in [-0.2, 0) is 13.0 Å². The van der Waals surface area contributed by atoms with Crippen LogP contribution in [0.4, 0.5) is 0 Å². The van der Waals surface area contributed by atoms with Crippen molar-refractivity contribution in [2.45, 2.75) is 13.0 Å². The predicted octanol–water partition coefficient (Wildman–Crippen LogP) is 1.56. The number of nitrogens with one attached hydrogen (secondary N) is 3. The monoisotopic (exact) mass is 266 g/mol. The van der Waals surface area contributed by atoms with E-state index in [0.717, 1.165) is 41.8 Å². The lowest BCUT2D eigenvalue weighted by atomic mass is 10.1. The second kappa shape index (κ2) is 4.31. The topological polar surface area (TPSA) is 73.6 Å². The molecule has 5 heteroatoms. The molecule has 1 aliphatic heterocycles. The number of aromatic amines is 2. The average Bonchev–Trinajstić information content (AvgIpc) is 2.90. The number of aromatic nitrogens is 3. The minimum Gasteiger partial charge on any atom is -0.340 e. The molecule has 3 heterocycles. The summed E-state index contributed by atoms with van der Waals surface area (Å²) in [4.78, 5) is 23.0. The number of para-hydroxylation sites is 1. The van der Waals surface area contributed by atoms with Gasteiger partial charge in [0.05, 0.1) is 17.0 Å². The Hall–Kier alpha value is -2.40. The molecule has 0 radical (unpaired) electrons. The molecule has 0 aliphatic carbocycles. The van der Waals surface area contributed by atoms with Crippen molar-refractivity contribution in [3.05, 3.63) is 52.1 Å². The fourth-order valence-corrected chi connectivity index (χ4v) is 2.67. The first kappa shape index (κ1) is 11.4. The van der Waals surface area contributed by atoms with E-state index in [0.29, 0.717) is 11.4 Å². The van der Waals surface area contributed by atoms with Gasteiger partial charge in [0.2, 0.25) is 0 Å². The smallest absolute Gasteiger partial charge is 0.259 e. The summed E-state index contributed by atoms with van der Waals surface area (Å²) in [6, 6.07) is 9.65. The zero-order chi connectivity index (χ0) is 13.5. The van der Waals surface area contributed by atoms with Gasteiger partial charge in [-0.05, 0) is 17.5 Å². The Labute approximate surface area is 115 Å². The summed E-state index contributed by atoms with van der Waals surface area (Å²) in [5.41, 5.74) is 3.48. The van der Waals surface area contributed by atoms with E-state index in [2.05, 4.69) is 20.3 Å². The minimum absolute atomic E-state index is 0.109. The zero-order valence-electron chi connectivity index (χ0n) is 10.9. The van der Waals surface area contributed by atoms with Crippen molar-refractivity contribution in [1.82, 2.24) is 20.3 Å². The molecule has 3 N–H and O–H groups in total. The van der Waals surface area contributed by atoms with Crippen LogP contribution in [0.25, 0.3) is 22.3 Å². The molecule has 0 amide bonds. The van der Waals surface area contributed by atoms with Crippen molar-refractivity contribution >= 4 is 10.9 Å². The summed E-state index contributed by atoms with van der Waals surface area (Å²) in [6.45, 7) is 1.72. The highest BCUT2D eigenvalue weighted by Gasteiger charge is 2.16. The van der Waals surface area contributed by atoms with Gasteiger partial charge in [-0.25, -0.2) is 4.98 Å². The maximum absolute atomic E-state index is 12.2. The summed E-state index contributed by atoms with van der Waals surface area (Å²) in [5, 5.41) is 4.30. The molecule has 0 fully saturated rings. The third-order valence-corrected chi connectivity index (χ3v) is 3.71. The van der Waals surface area contributed by atoms with Crippen molar-refractivity contribution in [3.63, 3.8) is 0 Å². The number of nitrogens with zero attached hydrogens (tertiary/aromatic N) is 1. The van der Waals surface area contributed by atoms with Gasteiger partial charge in [0, 0.05) is 25.0 Å². The number of hydrogen-bond donors (Lipinski definition) is 3. The van der Waals surface area contributed by atoms with E-state index in [1.165, 1.54) is 0 Å². The van der Waals surface area contributed by atoms with Crippen LogP contribution in [0.5, 0.6) is 0 Å². The fraction of sp³-hybridized carbons (Fsp3) is 0.200. The minimum atomic E-state index is -0.109. The number of benzene rings is 1. The Morgan fingerprint density at radius 1 is 1.15 bits per heavy atom. The first-order valence-corrected chi connectivity index (χ1v) is 6.72. The van der Waals surface area contributed by atoms with Crippen molar-refractivity contribution in [1.29, 1.82) is 0 Å². The lowest BCUT2D eigenvalue weighted by Gasteiger charge is -2.09. The molecule has 1 aliphatic rings. The number of H-pyrrole nitrogens is 2. The number of pyridine rings is 1. The number of hydrogen-bond acceptors (Lipinski definition) is 3. The molecule has 20 heavy (non-hydrogen) atoms. The molecule has 0 saturated heterocycles.